The van der Waals surface area contributed by atoms with Crippen molar-refractivity contribution in [2.75, 3.05) is 25.1 Å². The number of morpholine rings is 1. The van der Waals surface area contributed by atoms with E-state index in [1.807, 2.05) is 0 Å². The fourth-order valence-corrected chi connectivity index (χ4v) is 2.58. The summed E-state index contributed by atoms with van der Waals surface area (Å²) in [5, 5.41) is 0.508. The van der Waals surface area contributed by atoms with Crippen molar-refractivity contribution < 1.29 is 18.3 Å². The smallest absolute Gasteiger partial charge is 0.260 e. The molecule has 0 aromatic heterocycles. The average molecular weight is 334 g/mol. The molecule has 0 bridgehead atoms. The number of aryl methyl sites for hydroxylation is 1. The second kappa shape index (κ2) is 5.96. The molecular weight excluding hydrogens is 320 g/mol. The molecule has 0 radical (unpaired) electrons. The number of hydrogen-bond acceptors (Lipinski definition) is 2. The van der Waals surface area contributed by atoms with Crippen molar-refractivity contribution in [1.29, 1.82) is 0 Å². The number of ether oxygens (including phenoxy) is 1. The fraction of sp³-hybridized carbons (Fsp3) is 0.462. The van der Waals surface area contributed by atoms with Gasteiger partial charge in [-0.25, -0.2) is 8.78 Å². The van der Waals surface area contributed by atoms with Gasteiger partial charge in [0.25, 0.3) is 5.91 Å². The summed E-state index contributed by atoms with van der Waals surface area (Å²) in [6.07, 6.45) is 0. The Bertz CT molecular complexity index is 496. The van der Waals surface area contributed by atoms with Crippen molar-refractivity contribution in [3.63, 3.8) is 0 Å². The van der Waals surface area contributed by atoms with Gasteiger partial charge in [-0.1, -0.05) is 22.0 Å². The number of rotatable bonds is 2. The van der Waals surface area contributed by atoms with Crippen LogP contribution in [-0.4, -0.2) is 41.9 Å². The minimum atomic E-state index is -0.826. The van der Waals surface area contributed by atoms with Gasteiger partial charge in [-0.3, -0.25) is 4.79 Å². The van der Waals surface area contributed by atoms with Crippen LogP contribution in [0, 0.1) is 18.6 Å². The van der Waals surface area contributed by atoms with Crippen LogP contribution in [0.15, 0.2) is 12.1 Å². The van der Waals surface area contributed by atoms with Gasteiger partial charge in [0.2, 0.25) is 0 Å². The molecule has 1 saturated heterocycles. The van der Waals surface area contributed by atoms with E-state index >= 15 is 0 Å². The quantitative estimate of drug-likeness (QED) is 0.778. The van der Waals surface area contributed by atoms with E-state index in [0.717, 1.165) is 6.07 Å². The van der Waals surface area contributed by atoms with Crippen LogP contribution < -0.4 is 0 Å². The molecule has 0 saturated carbocycles. The Labute approximate surface area is 118 Å². The number of amides is 1. The number of carbonyl (C=O) groups excluding carboxylic acids is 1. The van der Waals surface area contributed by atoms with Crippen LogP contribution >= 0.6 is 15.9 Å². The lowest BCUT2D eigenvalue weighted by atomic mass is 10.1. The number of halogens is 3. The second-order valence-corrected chi connectivity index (χ2v) is 5.08. The van der Waals surface area contributed by atoms with Gasteiger partial charge in [-0.15, -0.1) is 0 Å². The summed E-state index contributed by atoms with van der Waals surface area (Å²) in [7, 11) is 0. The number of benzene rings is 1. The molecule has 0 N–H and O–H groups in total. The molecule has 1 aromatic carbocycles. The molecule has 1 aliphatic rings. The highest BCUT2D eigenvalue weighted by molar-refractivity contribution is 9.09. The molecule has 3 nitrogen and oxygen atoms in total. The van der Waals surface area contributed by atoms with Gasteiger partial charge in [-0.05, 0) is 18.6 Å². The molecular formula is C13H14BrF2NO2. The summed E-state index contributed by atoms with van der Waals surface area (Å²) in [6, 6.07) is 2.23. The lowest BCUT2D eigenvalue weighted by molar-refractivity contribution is 0.00472. The third-order valence-corrected chi connectivity index (χ3v) is 3.91. The zero-order valence-corrected chi connectivity index (χ0v) is 12.0. The number of nitrogens with zero attached hydrogens (tertiary/aromatic N) is 1. The zero-order valence-electron chi connectivity index (χ0n) is 10.5. The first-order valence-corrected chi connectivity index (χ1v) is 7.07. The van der Waals surface area contributed by atoms with Crippen molar-refractivity contribution in [3.05, 3.63) is 34.9 Å². The van der Waals surface area contributed by atoms with Gasteiger partial charge < -0.3 is 9.64 Å². The molecule has 1 aromatic rings. The molecule has 1 atom stereocenters. The first-order chi connectivity index (χ1) is 9.06. The Morgan fingerprint density at radius 3 is 2.95 bits per heavy atom. The molecule has 0 aliphatic carbocycles. The summed E-state index contributed by atoms with van der Waals surface area (Å²) < 4.78 is 33.0. The Hall–Kier alpha value is -1.01. The summed E-state index contributed by atoms with van der Waals surface area (Å²) in [5.41, 5.74) is -0.221. The molecule has 2 rings (SSSR count). The van der Waals surface area contributed by atoms with Gasteiger partial charge in [0.15, 0.2) is 0 Å². The van der Waals surface area contributed by atoms with Crippen LogP contribution in [0.4, 0.5) is 8.78 Å². The zero-order chi connectivity index (χ0) is 14.0. The van der Waals surface area contributed by atoms with Crippen molar-refractivity contribution in [2.24, 2.45) is 0 Å². The van der Waals surface area contributed by atoms with Crippen LogP contribution in [-0.2, 0) is 4.74 Å². The summed E-state index contributed by atoms with van der Waals surface area (Å²) >= 11 is 3.28. The summed E-state index contributed by atoms with van der Waals surface area (Å²) in [5.74, 6) is -2.23. The minimum absolute atomic E-state index is 0.208. The predicted molar refractivity (Wildman–Crippen MR) is 70.5 cm³/mol. The van der Waals surface area contributed by atoms with Gasteiger partial charge in [-0.2, -0.15) is 0 Å². The Kier molecular flexibility index (Phi) is 4.52. The van der Waals surface area contributed by atoms with Crippen LogP contribution in [0.1, 0.15) is 15.9 Å². The fourth-order valence-electron chi connectivity index (χ4n) is 2.05. The Morgan fingerprint density at radius 1 is 1.53 bits per heavy atom. The van der Waals surface area contributed by atoms with Crippen molar-refractivity contribution in [2.45, 2.75) is 13.0 Å². The summed E-state index contributed by atoms with van der Waals surface area (Å²) in [6.45, 7) is 2.59. The van der Waals surface area contributed by atoms with Gasteiger partial charge >= 0.3 is 0 Å². The van der Waals surface area contributed by atoms with E-state index in [0.29, 0.717) is 25.1 Å². The Balaban J connectivity index is 2.36. The highest BCUT2D eigenvalue weighted by atomic mass is 79.9. The van der Waals surface area contributed by atoms with E-state index in [1.165, 1.54) is 17.9 Å². The van der Waals surface area contributed by atoms with Crippen LogP contribution in [0.25, 0.3) is 0 Å². The van der Waals surface area contributed by atoms with E-state index in [9.17, 15) is 13.6 Å². The standard InChI is InChI=1S/C13H14BrF2NO2/c1-8-2-3-10(15)11(12(8)16)13(18)17-4-5-19-7-9(17)6-14/h2-3,9H,4-7H2,1H3. The SMILES string of the molecule is Cc1ccc(F)c(C(=O)N2CCOCC2CBr)c1F. The molecule has 19 heavy (non-hydrogen) atoms. The lowest BCUT2D eigenvalue weighted by Gasteiger charge is -2.34. The van der Waals surface area contributed by atoms with Crippen molar-refractivity contribution in [1.82, 2.24) is 4.90 Å². The van der Waals surface area contributed by atoms with E-state index < -0.39 is 23.1 Å². The van der Waals surface area contributed by atoms with E-state index in [2.05, 4.69) is 15.9 Å². The highest BCUT2D eigenvalue weighted by Gasteiger charge is 2.31. The Morgan fingerprint density at radius 2 is 2.26 bits per heavy atom. The number of alkyl halides is 1. The highest BCUT2D eigenvalue weighted by Crippen LogP contribution is 2.21. The van der Waals surface area contributed by atoms with Crippen molar-refractivity contribution >= 4 is 21.8 Å². The monoisotopic (exact) mass is 333 g/mol. The molecule has 6 heteroatoms. The molecule has 1 heterocycles. The molecule has 1 fully saturated rings. The lowest BCUT2D eigenvalue weighted by Crippen LogP contribution is -2.50. The van der Waals surface area contributed by atoms with Gasteiger partial charge in [0.05, 0.1) is 19.3 Å². The van der Waals surface area contributed by atoms with Crippen LogP contribution in [0.3, 0.4) is 0 Å². The van der Waals surface area contributed by atoms with E-state index in [1.54, 1.807) is 0 Å². The van der Waals surface area contributed by atoms with E-state index in [-0.39, 0.29) is 11.6 Å². The largest absolute Gasteiger partial charge is 0.377 e. The topological polar surface area (TPSA) is 29.5 Å². The maximum absolute atomic E-state index is 14.0. The van der Waals surface area contributed by atoms with E-state index in [4.69, 9.17) is 4.74 Å². The average Bonchev–Trinajstić information content (AvgIpc) is 2.43. The number of hydrogen-bond donors (Lipinski definition) is 0. The first-order valence-electron chi connectivity index (χ1n) is 5.95. The normalized spacial score (nSPS) is 19.6. The third-order valence-electron chi connectivity index (χ3n) is 3.16. The molecule has 1 amide bonds. The van der Waals surface area contributed by atoms with Crippen molar-refractivity contribution in [3.8, 4) is 0 Å². The van der Waals surface area contributed by atoms with Gasteiger partial charge in [0, 0.05) is 11.9 Å². The molecule has 104 valence electrons. The second-order valence-electron chi connectivity index (χ2n) is 4.43. The molecule has 1 unspecified atom stereocenters. The molecule has 0 spiro atoms. The van der Waals surface area contributed by atoms with Crippen LogP contribution in [0.5, 0.6) is 0 Å². The first kappa shape index (κ1) is 14.4. The maximum atomic E-state index is 14.0. The van der Waals surface area contributed by atoms with Crippen LogP contribution in [0.2, 0.25) is 0 Å². The predicted octanol–water partition coefficient (Wildman–Crippen LogP) is 2.51. The van der Waals surface area contributed by atoms with Gasteiger partial charge in [0.1, 0.15) is 17.2 Å². The maximum Gasteiger partial charge on any atom is 0.260 e. The molecule has 1 aliphatic heterocycles. The third kappa shape index (κ3) is 2.79. The minimum Gasteiger partial charge on any atom is -0.377 e. The number of carbonyl (C=O) groups is 1. The summed E-state index contributed by atoms with van der Waals surface area (Å²) in [4.78, 5) is 13.8.